The van der Waals surface area contributed by atoms with Crippen LogP contribution in [0.4, 0.5) is 0 Å². The van der Waals surface area contributed by atoms with Gasteiger partial charge in [-0.2, -0.15) is 0 Å². The number of nitrogens with zero attached hydrogens (tertiary/aromatic N) is 2. The molecular formula is C25H35N3O3. The largest absolute Gasteiger partial charge is 0.489 e. The molecule has 0 spiro atoms. The number of carbonyl (C=O) groups is 2. The lowest BCUT2D eigenvalue weighted by atomic mass is 9.91. The summed E-state index contributed by atoms with van der Waals surface area (Å²) < 4.78 is 6.52. The Bertz CT molecular complexity index is 890. The Kier molecular flexibility index (Phi) is 5.86. The van der Waals surface area contributed by atoms with Gasteiger partial charge in [0.05, 0.1) is 0 Å². The van der Waals surface area contributed by atoms with E-state index >= 15 is 0 Å². The molecule has 6 heteroatoms. The van der Waals surface area contributed by atoms with E-state index in [0.29, 0.717) is 31.0 Å². The molecule has 1 saturated heterocycles. The van der Waals surface area contributed by atoms with Crippen LogP contribution in [0.25, 0.3) is 0 Å². The van der Waals surface area contributed by atoms with Crippen LogP contribution in [-0.4, -0.2) is 52.9 Å². The molecule has 1 unspecified atom stereocenters. The van der Waals surface area contributed by atoms with Crippen molar-refractivity contribution in [2.24, 2.45) is 5.41 Å². The van der Waals surface area contributed by atoms with E-state index in [-0.39, 0.29) is 23.3 Å². The minimum Gasteiger partial charge on any atom is -0.489 e. The maximum Gasteiger partial charge on any atom is 0.255 e. The predicted octanol–water partition coefficient (Wildman–Crippen LogP) is 3.71. The van der Waals surface area contributed by atoms with Crippen molar-refractivity contribution in [1.29, 1.82) is 0 Å². The van der Waals surface area contributed by atoms with Crippen LogP contribution in [0.15, 0.2) is 30.5 Å². The Morgan fingerprint density at radius 3 is 2.65 bits per heavy atom. The maximum atomic E-state index is 13.0. The minimum atomic E-state index is -0.433. The van der Waals surface area contributed by atoms with E-state index in [1.54, 1.807) is 4.90 Å². The molecule has 2 aliphatic heterocycles. The van der Waals surface area contributed by atoms with Crippen molar-refractivity contribution in [1.82, 2.24) is 15.1 Å². The molecule has 3 aliphatic rings. The van der Waals surface area contributed by atoms with E-state index in [9.17, 15) is 9.59 Å². The summed E-state index contributed by atoms with van der Waals surface area (Å²) in [5.41, 5.74) is 2.59. The Balaban J connectivity index is 1.51. The number of hydrogen-bond acceptors (Lipinski definition) is 4. The van der Waals surface area contributed by atoms with Gasteiger partial charge >= 0.3 is 0 Å². The van der Waals surface area contributed by atoms with E-state index in [1.807, 2.05) is 18.2 Å². The molecule has 1 aliphatic carbocycles. The number of allylic oxidation sites excluding steroid dienone is 1. The summed E-state index contributed by atoms with van der Waals surface area (Å²) in [6.45, 7) is 15.4. The normalized spacial score (nSPS) is 27.6. The molecule has 31 heavy (non-hydrogen) atoms. The van der Waals surface area contributed by atoms with Crippen LogP contribution in [0.1, 0.15) is 69.3 Å². The molecule has 1 aromatic carbocycles. The van der Waals surface area contributed by atoms with Crippen LogP contribution < -0.4 is 10.1 Å². The first-order valence-corrected chi connectivity index (χ1v) is 11.6. The van der Waals surface area contributed by atoms with E-state index in [0.717, 1.165) is 42.9 Å². The number of carbonyl (C=O) groups excluding carboxylic acids is 2. The Labute approximate surface area is 185 Å². The zero-order chi connectivity index (χ0) is 22.3. The molecule has 0 radical (unpaired) electrons. The molecule has 2 heterocycles. The first kappa shape index (κ1) is 21.9. The fourth-order valence-electron chi connectivity index (χ4n) is 5.52. The molecule has 2 fully saturated rings. The highest BCUT2D eigenvalue weighted by molar-refractivity contribution is 6.01. The van der Waals surface area contributed by atoms with Gasteiger partial charge in [-0.1, -0.05) is 34.3 Å². The van der Waals surface area contributed by atoms with Crippen molar-refractivity contribution in [3.05, 3.63) is 41.6 Å². The molecule has 6 nitrogen and oxygen atoms in total. The standard InChI is InChI=1S/C25H35N3O3/c1-6-27(7-2)21-13-25(4,5)14-22(21)31-18-9-10-19-17(12-18)15-28(24(19)30)20-11-8-16(3)26-23(20)29/h9-10,12,20-22H,3,6-8,11,13-15H2,1-2,4-5H3,(H,26,29)/t20?,21-,22+/m0/s1. The highest BCUT2D eigenvalue weighted by Gasteiger charge is 2.43. The minimum absolute atomic E-state index is 0.0720. The molecule has 3 atom stereocenters. The second-order valence-corrected chi connectivity index (χ2v) is 9.92. The zero-order valence-corrected chi connectivity index (χ0v) is 19.2. The van der Waals surface area contributed by atoms with Crippen LogP contribution in [0.2, 0.25) is 0 Å². The molecule has 4 rings (SSSR count). The molecule has 0 bridgehead atoms. The number of hydrogen-bond donors (Lipinski definition) is 1. The molecule has 1 N–H and O–H groups in total. The summed E-state index contributed by atoms with van der Waals surface area (Å²) in [6.07, 6.45) is 3.60. The van der Waals surface area contributed by atoms with Crippen LogP contribution in [0.3, 0.4) is 0 Å². The van der Waals surface area contributed by atoms with Gasteiger partial charge in [-0.15, -0.1) is 0 Å². The number of piperidine rings is 1. The van der Waals surface area contributed by atoms with E-state index in [4.69, 9.17) is 4.74 Å². The van der Waals surface area contributed by atoms with Crippen LogP contribution in [-0.2, 0) is 11.3 Å². The lowest BCUT2D eigenvalue weighted by Crippen LogP contribution is -2.49. The summed E-state index contributed by atoms with van der Waals surface area (Å²) in [6, 6.07) is 5.73. The third-order valence-corrected chi connectivity index (χ3v) is 7.12. The molecule has 1 aromatic rings. The lowest BCUT2D eigenvalue weighted by Gasteiger charge is -2.31. The third kappa shape index (κ3) is 4.22. The fourth-order valence-corrected chi connectivity index (χ4v) is 5.52. The van der Waals surface area contributed by atoms with Crippen LogP contribution >= 0.6 is 0 Å². The number of ether oxygens (including phenoxy) is 1. The monoisotopic (exact) mass is 425 g/mol. The number of fused-ring (bicyclic) bond motifs is 1. The number of nitrogens with one attached hydrogen (secondary N) is 1. The second kappa shape index (κ2) is 8.30. The lowest BCUT2D eigenvalue weighted by molar-refractivity contribution is -0.126. The van der Waals surface area contributed by atoms with Gasteiger partial charge < -0.3 is 15.0 Å². The van der Waals surface area contributed by atoms with E-state index < -0.39 is 6.04 Å². The predicted molar refractivity (Wildman–Crippen MR) is 121 cm³/mol. The van der Waals surface area contributed by atoms with Gasteiger partial charge in [0.25, 0.3) is 5.91 Å². The average molecular weight is 426 g/mol. The quantitative estimate of drug-likeness (QED) is 0.755. The third-order valence-electron chi connectivity index (χ3n) is 7.12. The van der Waals surface area contributed by atoms with Gasteiger partial charge in [0.2, 0.25) is 5.91 Å². The summed E-state index contributed by atoms with van der Waals surface area (Å²) >= 11 is 0. The summed E-state index contributed by atoms with van der Waals surface area (Å²) in [7, 11) is 0. The molecule has 2 amide bonds. The van der Waals surface area contributed by atoms with Gasteiger partial charge in [0.15, 0.2) is 0 Å². The van der Waals surface area contributed by atoms with Gasteiger partial charge in [-0.25, -0.2) is 0 Å². The van der Waals surface area contributed by atoms with Gasteiger partial charge in [0.1, 0.15) is 17.9 Å². The van der Waals surface area contributed by atoms with Crippen molar-refractivity contribution >= 4 is 11.8 Å². The maximum absolute atomic E-state index is 13.0. The van der Waals surface area contributed by atoms with Gasteiger partial charge in [0, 0.05) is 23.8 Å². The zero-order valence-electron chi connectivity index (χ0n) is 19.2. The van der Waals surface area contributed by atoms with Crippen molar-refractivity contribution in [3.63, 3.8) is 0 Å². The SMILES string of the molecule is C=C1CCC(N2Cc3cc(O[C@@H]4CC(C)(C)C[C@@H]4N(CC)CC)ccc3C2=O)C(=O)N1. The number of rotatable bonds is 6. The highest BCUT2D eigenvalue weighted by Crippen LogP contribution is 2.42. The van der Waals surface area contributed by atoms with E-state index in [1.165, 1.54) is 0 Å². The Hall–Kier alpha value is -2.34. The van der Waals surface area contributed by atoms with Gasteiger partial charge in [-0.05, 0) is 68.0 Å². The summed E-state index contributed by atoms with van der Waals surface area (Å²) in [4.78, 5) is 29.5. The van der Waals surface area contributed by atoms with Crippen molar-refractivity contribution in [2.45, 2.75) is 78.1 Å². The molecule has 1 saturated carbocycles. The number of benzene rings is 1. The highest BCUT2D eigenvalue weighted by atomic mass is 16.5. The van der Waals surface area contributed by atoms with Gasteiger partial charge in [-0.3, -0.25) is 14.5 Å². The first-order chi connectivity index (χ1) is 14.7. The van der Waals surface area contributed by atoms with Crippen molar-refractivity contribution in [3.8, 4) is 5.75 Å². The summed E-state index contributed by atoms with van der Waals surface area (Å²) in [5, 5.41) is 2.79. The Morgan fingerprint density at radius 1 is 1.23 bits per heavy atom. The van der Waals surface area contributed by atoms with Crippen LogP contribution in [0, 0.1) is 5.41 Å². The molecule has 168 valence electrons. The number of amides is 2. The topological polar surface area (TPSA) is 61.9 Å². The first-order valence-electron chi connectivity index (χ1n) is 11.6. The van der Waals surface area contributed by atoms with Crippen LogP contribution in [0.5, 0.6) is 5.75 Å². The molecular weight excluding hydrogens is 390 g/mol. The second-order valence-electron chi connectivity index (χ2n) is 9.92. The smallest absolute Gasteiger partial charge is 0.255 e. The fraction of sp³-hybridized carbons (Fsp3) is 0.600. The average Bonchev–Trinajstić information content (AvgIpc) is 3.19. The van der Waals surface area contributed by atoms with Crippen molar-refractivity contribution < 1.29 is 14.3 Å². The number of likely N-dealkylation sites (N-methyl/N-ethyl adjacent to an activating group) is 1. The summed E-state index contributed by atoms with van der Waals surface area (Å²) in [5.74, 6) is 0.607. The van der Waals surface area contributed by atoms with E-state index in [2.05, 4.69) is 44.5 Å². The van der Waals surface area contributed by atoms with Crippen molar-refractivity contribution in [2.75, 3.05) is 13.1 Å². The molecule has 0 aromatic heterocycles. The Morgan fingerprint density at radius 2 is 1.97 bits per heavy atom.